The van der Waals surface area contributed by atoms with Gasteiger partial charge in [-0.3, -0.25) is 0 Å². The van der Waals surface area contributed by atoms with Crippen molar-refractivity contribution in [3.8, 4) is 11.5 Å². The summed E-state index contributed by atoms with van der Waals surface area (Å²) in [5.74, 6) is 0.184. The van der Waals surface area contributed by atoms with Gasteiger partial charge in [0, 0.05) is 0 Å². The molecule has 0 bridgehead atoms. The van der Waals surface area contributed by atoms with E-state index >= 15 is 0 Å². The molecule has 0 aliphatic rings. The summed E-state index contributed by atoms with van der Waals surface area (Å²) in [6.45, 7) is 3.35. The molecule has 0 fully saturated rings. The van der Waals surface area contributed by atoms with Crippen LogP contribution in [-0.2, 0) is 14.6 Å². The molecule has 0 heterocycles. The van der Waals surface area contributed by atoms with E-state index in [1.165, 1.54) is 38.5 Å². The minimum atomic E-state index is -5.12. The monoisotopic (exact) mass is 400 g/mol. The lowest BCUT2D eigenvalue weighted by atomic mass is 9.93. The zero-order valence-corrected chi connectivity index (χ0v) is 15.6. The first-order valence-corrected chi connectivity index (χ1v) is 9.34. The second-order valence-electron chi connectivity index (χ2n) is 5.70. The predicted octanol–water partition coefficient (Wildman–Crippen LogP) is 4.51. The average molecular weight is 400 g/mol. The van der Waals surface area contributed by atoms with E-state index in [2.05, 4.69) is 6.58 Å². The number of hydrogen-bond donors (Lipinski definition) is 0. The van der Waals surface area contributed by atoms with Crippen molar-refractivity contribution in [2.24, 2.45) is 0 Å². The molecule has 0 aliphatic heterocycles. The fourth-order valence-electron chi connectivity index (χ4n) is 2.91. The van der Waals surface area contributed by atoms with Crippen molar-refractivity contribution in [2.45, 2.75) is 22.2 Å². The second-order valence-corrected chi connectivity index (χ2v) is 7.88. The Labute approximate surface area is 156 Å². The average Bonchev–Trinajstić information content (AvgIpc) is 2.65. The van der Waals surface area contributed by atoms with Crippen LogP contribution >= 0.6 is 0 Å². The van der Waals surface area contributed by atoms with Crippen molar-refractivity contribution in [3.63, 3.8) is 0 Å². The van der Waals surface area contributed by atoms with Gasteiger partial charge < -0.3 is 9.47 Å². The van der Waals surface area contributed by atoms with Gasteiger partial charge in [-0.15, -0.1) is 6.58 Å². The van der Waals surface area contributed by atoms with Crippen LogP contribution < -0.4 is 9.47 Å². The second kappa shape index (κ2) is 7.64. The number of ether oxygens (including phenoxy) is 2. The molecule has 0 aromatic heterocycles. The molecule has 146 valence electrons. The maximum absolute atomic E-state index is 14.3. The summed E-state index contributed by atoms with van der Waals surface area (Å²) < 4.78 is 76.3. The number of benzene rings is 2. The molecule has 2 aromatic carbocycles. The quantitative estimate of drug-likeness (QED) is 0.642. The highest BCUT2D eigenvalue weighted by atomic mass is 32.2. The van der Waals surface area contributed by atoms with Gasteiger partial charge in [-0.1, -0.05) is 30.3 Å². The molecule has 0 saturated carbocycles. The minimum Gasteiger partial charge on any atom is -0.493 e. The topological polar surface area (TPSA) is 52.6 Å². The largest absolute Gasteiger partial charge is 0.493 e. The summed E-state index contributed by atoms with van der Waals surface area (Å²) in [5, 5.41) is 0. The van der Waals surface area contributed by atoms with Gasteiger partial charge >= 0.3 is 6.18 Å². The molecule has 1 atom stereocenters. The van der Waals surface area contributed by atoms with E-state index in [0.29, 0.717) is 0 Å². The normalized spacial score (nSPS) is 14.3. The molecular weight excluding hydrogens is 381 g/mol. The fraction of sp³-hybridized carbons (Fsp3) is 0.263. The predicted molar refractivity (Wildman–Crippen MR) is 95.7 cm³/mol. The van der Waals surface area contributed by atoms with Crippen molar-refractivity contribution >= 4 is 9.84 Å². The Balaban J connectivity index is 2.89. The molecule has 2 rings (SSSR count). The van der Waals surface area contributed by atoms with Crippen molar-refractivity contribution in [1.82, 2.24) is 0 Å². The van der Waals surface area contributed by atoms with Crippen molar-refractivity contribution in [3.05, 3.63) is 66.7 Å². The molecule has 4 nitrogen and oxygen atoms in total. The van der Waals surface area contributed by atoms with Crippen LogP contribution in [-0.4, -0.2) is 28.8 Å². The first-order chi connectivity index (χ1) is 12.7. The molecule has 8 heteroatoms. The minimum absolute atomic E-state index is 0.00375. The molecule has 0 aliphatic carbocycles. The first-order valence-electron chi connectivity index (χ1n) is 7.85. The molecule has 0 saturated heterocycles. The van der Waals surface area contributed by atoms with Gasteiger partial charge in [0.2, 0.25) is 0 Å². The van der Waals surface area contributed by atoms with Gasteiger partial charge in [0.05, 0.1) is 19.1 Å². The van der Waals surface area contributed by atoms with Gasteiger partial charge in [0.25, 0.3) is 0 Å². The molecule has 27 heavy (non-hydrogen) atoms. The van der Waals surface area contributed by atoms with E-state index in [1.807, 2.05) is 0 Å². The Morgan fingerprint density at radius 3 is 2.07 bits per heavy atom. The molecule has 0 radical (unpaired) electrons. The van der Waals surface area contributed by atoms with E-state index < -0.39 is 37.6 Å². The van der Waals surface area contributed by atoms with E-state index in [0.717, 1.165) is 30.3 Å². The standard InChI is InChI=1S/C19H19F3O4S/c1-4-12-18(19(20,21)22,27(23,24)15-8-6-5-7-9-15)14-10-11-16(25-2)17(13-14)26-3/h4-11,13H,1,12H2,2-3H3. The van der Waals surface area contributed by atoms with Gasteiger partial charge in [-0.25, -0.2) is 8.42 Å². The van der Waals surface area contributed by atoms with Crippen LogP contribution in [0.5, 0.6) is 11.5 Å². The van der Waals surface area contributed by atoms with E-state index in [1.54, 1.807) is 0 Å². The lowest BCUT2D eigenvalue weighted by molar-refractivity contribution is -0.163. The Bertz CT molecular complexity index is 908. The maximum atomic E-state index is 14.3. The molecule has 2 aromatic rings. The van der Waals surface area contributed by atoms with Gasteiger partial charge in [0.15, 0.2) is 26.1 Å². The number of sulfone groups is 1. The summed E-state index contributed by atoms with van der Waals surface area (Å²) in [4.78, 5) is -0.432. The third kappa shape index (κ3) is 3.41. The lowest BCUT2D eigenvalue weighted by Crippen LogP contribution is -2.48. The molecule has 0 amide bonds. The third-order valence-electron chi connectivity index (χ3n) is 4.25. The number of allylic oxidation sites excluding steroid dienone is 1. The van der Waals surface area contributed by atoms with Gasteiger partial charge in [-0.2, -0.15) is 13.2 Å². The molecule has 0 N–H and O–H groups in total. The molecular formula is C19H19F3O4S. The Morgan fingerprint density at radius 2 is 1.59 bits per heavy atom. The Morgan fingerprint density at radius 1 is 1.00 bits per heavy atom. The van der Waals surface area contributed by atoms with E-state index in [4.69, 9.17) is 9.47 Å². The van der Waals surface area contributed by atoms with Crippen LogP contribution in [0.1, 0.15) is 12.0 Å². The number of halogens is 3. The zero-order chi connectivity index (χ0) is 20.3. The van der Waals surface area contributed by atoms with Crippen molar-refractivity contribution in [1.29, 1.82) is 0 Å². The highest BCUT2D eigenvalue weighted by molar-refractivity contribution is 7.92. The summed E-state index contributed by atoms with van der Waals surface area (Å²) in [7, 11) is -2.28. The maximum Gasteiger partial charge on any atom is 0.412 e. The van der Waals surface area contributed by atoms with Gasteiger partial charge in [0.1, 0.15) is 0 Å². The lowest BCUT2D eigenvalue weighted by Gasteiger charge is -2.35. The summed E-state index contributed by atoms with van der Waals surface area (Å²) in [6, 6.07) is 9.91. The van der Waals surface area contributed by atoms with Crippen LogP contribution in [0, 0.1) is 0 Å². The van der Waals surface area contributed by atoms with Crippen molar-refractivity contribution in [2.75, 3.05) is 14.2 Å². The Hall–Kier alpha value is -2.48. The highest BCUT2D eigenvalue weighted by Crippen LogP contribution is 2.52. The van der Waals surface area contributed by atoms with E-state index in [-0.39, 0.29) is 11.5 Å². The highest BCUT2D eigenvalue weighted by Gasteiger charge is 2.64. The SMILES string of the molecule is C=CCC(c1ccc(OC)c(OC)c1)(C(F)(F)F)S(=O)(=O)c1ccccc1. The van der Waals surface area contributed by atoms with Crippen LogP contribution in [0.4, 0.5) is 13.2 Å². The van der Waals surface area contributed by atoms with Gasteiger partial charge in [-0.05, 0) is 36.2 Å². The third-order valence-corrected chi connectivity index (χ3v) is 6.70. The number of rotatable bonds is 7. The molecule has 1 unspecified atom stereocenters. The number of methoxy groups -OCH3 is 2. The number of alkyl halides is 3. The Kier molecular flexibility index (Phi) is 5.89. The van der Waals surface area contributed by atoms with E-state index in [9.17, 15) is 21.6 Å². The van der Waals surface area contributed by atoms with Crippen molar-refractivity contribution < 1.29 is 31.1 Å². The summed E-state index contributed by atoms with van der Waals surface area (Å²) >= 11 is 0. The van der Waals surface area contributed by atoms with Crippen LogP contribution in [0.25, 0.3) is 0 Å². The zero-order valence-electron chi connectivity index (χ0n) is 14.8. The summed E-state index contributed by atoms with van der Waals surface area (Å²) in [5.41, 5.74) is -0.476. The van der Waals surface area contributed by atoms with Crippen LogP contribution in [0.3, 0.4) is 0 Å². The smallest absolute Gasteiger partial charge is 0.412 e. The molecule has 0 spiro atoms. The van der Waals surface area contributed by atoms with Crippen LogP contribution in [0.2, 0.25) is 0 Å². The number of hydrogen-bond acceptors (Lipinski definition) is 4. The van der Waals surface area contributed by atoms with Crippen LogP contribution in [0.15, 0.2) is 66.1 Å². The fourth-order valence-corrected chi connectivity index (χ4v) is 4.90. The first kappa shape index (κ1) is 20.8. The summed E-state index contributed by atoms with van der Waals surface area (Å²) in [6.07, 6.45) is -5.02.